The second-order valence-electron chi connectivity index (χ2n) is 8.97. The van der Waals surface area contributed by atoms with Crippen LogP contribution in [0.3, 0.4) is 0 Å². The van der Waals surface area contributed by atoms with E-state index in [1.165, 1.54) is 33.5 Å². The molecule has 2 amide bonds. The minimum Gasteiger partial charge on any atom is -0.493 e. The maximum absolute atomic E-state index is 13.1. The number of likely N-dealkylation sites (tertiary alicyclic amines) is 1. The van der Waals surface area contributed by atoms with E-state index in [0.717, 1.165) is 38.0 Å². The Bertz CT molecular complexity index is 1030. The van der Waals surface area contributed by atoms with Crippen LogP contribution in [0, 0.1) is 11.7 Å². The maximum atomic E-state index is 13.1. The van der Waals surface area contributed by atoms with Crippen LogP contribution in [0.2, 0.25) is 0 Å². The van der Waals surface area contributed by atoms with Crippen LogP contribution in [0.4, 0.5) is 10.1 Å². The van der Waals surface area contributed by atoms with Gasteiger partial charge >= 0.3 is 0 Å². The second kappa shape index (κ2) is 10.9. The summed E-state index contributed by atoms with van der Waals surface area (Å²) >= 11 is 0. The highest BCUT2D eigenvalue weighted by Gasteiger charge is 2.37. The molecule has 0 spiro atoms. The van der Waals surface area contributed by atoms with Crippen molar-refractivity contribution in [3.8, 4) is 17.2 Å². The lowest BCUT2D eigenvalue weighted by atomic mass is 10.0. The van der Waals surface area contributed by atoms with E-state index < -0.39 is 5.92 Å². The summed E-state index contributed by atoms with van der Waals surface area (Å²) in [4.78, 5) is 29.7. The fourth-order valence-electron chi connectivity index (χ4n) is 4.76. The highest BCUT2D eigenvalue weighted by atomic mass is 19.1. The van der Waals surface area contributed by atoms with Crippen LogP contribution in [0.1, 0.15) is 24.8 Å². The molecule has 0 radical (unpaired) electrons. The fraction of sp³-hybridized carbons (Fsp3) is 0.462. The van der Waals surface area contributed by atoms with Crippen molar-refractivity contribution >= 4 is 17.5 Å². The zero-order valence-corrected chi connectivity index (χ0v) is 20.4. The van der Waals surface area contributed by atoms with Gasteiger partial charge in [-0.2, -0.15) is 0 Å². The molecule has 2 aromatic carbocycles. The Morgan fingerprint density at radius 2 is 1.66 bits per heavy atom. The summed E-state index contributed by atoms with van der Waals surface area (Å²) in [6, 6.07) is 10.1. The Hall–Kier alpha value is -3.33. The van der Waals surface area contributed by atoms with E-state index in [2.05, 4.69) is 10.2 Å². The lowest BCUT2D eigenvalue weighted by Crippen LogP contribution is -2.46. The van der Waals surface area contributed by atoms with E-state index in [-0.39, 0.29) is 30.1 Å². The first-order valence-corrected chi connectivity index (χ1v) is 11.8. The van der Waals surface area contributed by atoms with Crippen LogP contribution < -0.4 is 24.4 Å². The SMILES string of the molecule is COc1cc(N2CC(C(=O)NC3CCN(Cc4ccc(F)cc4)CC3)CC2=O)cc(OC)c1OC. The minimum absolute atomic E-state index is 0.0808. The summed E-state index contributed by atoms with van der Waals surface area (Å²) in [6.45, 7) is 2.77. The molecule has 8 nitrogen and oxygen atoms in total. The van der Waals surface area contributed by atoms with Gasteiger partial charge in [0.2, 0.25) is 17.6 Å². The number of carbonyl (C=O) groups is 2. The number of anilines is 1. The van der Waals surface area contributed by atoms with Crippen molar-refractivity contribution < 1.29 is 28.2 Å². The number of hydrogen-bond donors (Lipinski definition) is 1. The van der Waals surface area contributed by atoms with E-state index in [0.29, 0.717) is 29.5 Å². The maximum Gasteiger partial charge on any atom is 0.227 e. The lowest BCUT2D eigenvalue weighted by molar-refractivity contribution is -0.127. The minimum atomic E-state index is -0.418. The average Bonchev–Trinajstić information content (AvgIpc) is 3.27. The standard InChI is InChI=1S/C26H32FN3O5/c1-33-22-13-21(14-23(34-2)25(22)35-3)30-16-18(12-24(30)31)26(32)28-20-8-10-29(11-9-20)15-17-4-6-19(27)7-5-17/h4-7,13-14,18,20H,8-12,15-16H2,1-3H3,(H,28,32). The van der Waals surface area contributed by atoms with E-state index >= 15 is 0 Å². The second-order valence-corrected chi connectivity index (χ2v) is 8.97. The van der Waals surface area contributed by atoms with Gasteiger partial charge in [0.15, 0.2) is 11.5 Å². The monoisotopic (exact) mass is 485 g/mol. The number of carbonyl (C=O) groups excluding carboxylic acids is 2. The number of halogens is 1. The summed E-state index contributed by atoms with van der Waals surface area (Å²) < 4.78 is 29.3. The largest absolute Gasteiger partial charge is 0.493 e. The third kappa shape index (κ3) is 5.67. The highest BCUT2D eigenvalue weighted by Crippen LogP contribution is 2.42. The van der Waals surface area contributed by atoms with Crippen molar-refractivity contribution in [2.45, 2.75) is 31.8 Å². The van der Waals surface area contributed by atoms with Gasteiger partial charge in [0.1, 0.15) is 5.82 Å². The van der Waals surface area contributed by atoms with Gasteiger partial charge in [-0.3, -0.25) is 14.5 Å². The zero-order valence-electron chi connectivity index (χ0n) is 20.4. The third-order valence-corrected chi connectivity index (χ3v) is 6.71. The van der Waals surface area contributed by atoms with Gasteiger partial charge in [-0.05, 0) is 30.5 Å². The molecular formula is C26H32FN3O5. The molecule has 0 bridgehead atoms. The molecular weight excluding hydrogens is 453 g/mol. The average molecular weight is 486 g/mol. The van der Waals surface area contributed by atoms with Crippen molar-refractivity contribution in [1.82, 2.24) is 10.2 Å². The first-order valence-electron chi connectivity index (χ1n) is 11.8. The molecule has 2 aromatic rings. The quantitative estimate of drug-likeness (QED) is 0.619. The number of nitrogens with one attached hydrogen (secondary N) is 1. The molecule has 2 saturated heterocycles. The molecule has 35 heavy (non-hydrogen) atoms. The van der Waals surface area contributed by atoms with Crippen LogP contribution in [-0.2, 0) is 16.1 Å². The Morgan fingerprint density at radius 1 is 1.03 bits per heavy atom. The van der Waals surface area contributed by atoms with Gasteiger partial charge in [-0.1, -0.05) is 12.1 Å². The molecule has 2 heterocycles. The van der Waals surface area contributed by atoms with E-state index in [9.17, 15) is 14.0 Å². The predicted molar refractivity (Wildman–Crippen MR) is 129 cm³/mol. The number of piperidine rings is 1. The molecule has 2 aliphatic heterocycles. The van der Waals surface area contributed by atoms with Gasteiger partial charge in [0.25, 0.3) is 0 Å². The van der Waals surface area contributed by atoms with Crippen molar-refractivity contribution in [2.75, 3.05) is 45.9 Å². The molecule has 0 aromatic heterocycles. The van der Waals surface area contributed by atoms with Crippen LogP contribution in [0.25, 0.3) is 0 Å². The number of methoxy groups -OCH3 is 3. The summed E-state index contributed by atoms with van der Waals surface area (Å²) in [5.74, 6) is 0.498. The number of benzene rings is 2. The number of rotatable bonds is 8. The molecule has 0 aliphatic carbocycles. The van der Waals surface area contributed by atoms with Crippen molar-refractivity contribution in [3.63, 3.8) is 0 Å². The zero-order chi connectivity index (χ0) is 24.9. The van der Waals surface area contributed by atoms with Crippen LogP contribution in [0.5, 0.6) is 17.2 Å². The molecule has 2 fully saturated rings. The molecule has 9 heteroatoms. The van der Waals surface area contributed by atoms with Crippen molar-refractivity contribution in [3.05, 3.63) is 47.8 Å². The first-order chi connectivity index (χ1) is 16.9. The number of nitrogens with zero attached hydrogens (tertiary/aromatic N) is 2. The van der Waals surface area contributed by atoms with Crippen LogP contribution in [-0.4, -0.2) is 63.7 Å². The Balaban J connectivity index is 1.32. The van der Waals surface area contributed by atoms with E-state index in [1.54, 1.807) is 29.2 Å². The Labute approximate surface area is 204 Å². The summed E-state index contributed by atoms with van der Waals surface area (Å²) in [6.07, 6.45) is 1.83. The molecule has 2 aliphatic rings. The smallest absolute Gasteiger partial charge is 0.227 e. The molecule has 1 N–H and O–H groups in total. The molecule has 1 atom stereocenters. The third-order valence-electron chi connectivity index (χ3n) is 6.71. The number of hydrogen-bond acceptors (Lipinski definition) is 6. The Kier molecular flexibility index (Phi) is 7.75. The predicted octanol–water partition coefficient (Wildman–Crippen LogP) is 2.99. The van der Waals surface area contributed by atoms with Gasteiger partial charge in [0.05, 0.1) is 32.9 Å². The fourth-order valence-corrected chi connectivity index (χ4v) is 4.76. The van der Waals surface area contributed by atoms with E-state index in [1.807, 2.05) is 0 Å². The normalized spacial score (nSPS) is 19.0. The van der Waals surface area contributed by atoms with Gasteiger partial charge in [0, 0.05) is 50.8 Å². The molecule has 4 rings (SSSR count). The summed E-state index contributed by atoms with van der Waals surface area (Å²) in [5.41, 5.74) is 1.68. The Morgan fingerprint density at radius 3 is 2.23 bits per heavy atom. The molecule has 0 saturated carbocycles. The van der Waals surface area contributed by atoms with Crippen molar-refractivity contribution in [1.29, 1.82) is 0 Å². The van der Waals surface area contributed by atoms with Gasteiger partial charge < -0.3 is 24.4 Å². The number of ether oxygens (including phenoxy) is 3. The first kappa shape index (κ1) is 24.8. The highest BCUT2D eigenvalue weighted by molar-refractivity contribution is 6.00. The van der Waals surface area contributed by atoms with Gasteiger partial charge in [-0.25, -0.2) is 4.39 Å². The summed E-state index contributed by atoms with van der Waals surface area (Å²) in [7, 11) is 4.57. The number of amides is 2. The van der Waals surface area contributed by atoms with Crippen LogP contribution in [0.15, 0.2) is 36.4 Å². The van der Waals surface area contributed by atoms with Crippen LogP contribution >= 0.6 is 0 Å². The molecule has 188 valence electrons. The lowest BCUT2D eigenvalue weighted by Gasteiger charge is -2.32. The van der Waals surface area contributed by atoms with E-state index in [4.69, 9.17) is 14.2 Å². The topological polar surface area (TPSA) is 80.3 Å². The van der Waals surface area contributed by atoms with Gasteiger partial charge in [-0.15, -0.1) is 0 Å². The molecule has 1 unspecified atom stereocenters. The summed E-state index contributed by atoms with van der Waals surface area (Å²) in [5, 5.41) is 3.15. The van der Waals surface area contributed by atoms with Crippen molar-refractivity contribution in [2.24, 2.45) is 5.92 Å².